The molecule has 3 rings (SSSR count). The molecule has 8 heteroatoms. The Bertz CT molecular complexity index is 1020. The van der Waals surface area contributed by atoms with Crippen molar-refractivity contribution in [2.45, 2.75) is 13.8 Å². The van der Waals surface area contributed by atoms with Crippen molar-refractivity contribution in [3.05, 3.63) is 56.9 Å². The van der Waals surface area contributed by atoms with Gasteiger partial charge in [0.15, 0.2) is 11.5 Å². The molecule has 0 aliphatic carbocycles. The molecule has 2 aromatic rings. The van der Waals surface area contributed by atoms with Crippen LogP contribution < -0.4 is 14.2 Å². The lowest BCUT2D eigenvalue weighted by atomic mass is 10.1. The Morgan fingerprint density at radius 3 is 2.50 bits per heavy atom. The van der Waals surface area contributed by atoms with Crippen LogP contribution in [0.3, 0.4) is 0 Å². The highest BCUT2D eigenvalue weighted by atomic mass is 35.5. The highest BCUT2D eigenvalue weighted by Gasteiger charge is 2.28. The topological polar surface area (TPSA) is 48.0 Å². The summed E-state index contributed by atoms with van der Waals surface area (Å²) in [6.45, 7) is 4.77. The van der Waals surface area contributed by atoms with Gasteiger partial charge in [0, 0.05) is 7.05 Å². The Morgan fingerprint density at radius 1 is 1.13 bits per heavy atom. The zero-order chi connectivity index (χ0) is 21.8. The maximum atomic E-state index is 12.2. The summed E-state index contributed by atoms with van der Waals surface area (Å²) in [5.41, 5.74) is 3.12. The summed E-state index contributed by atoms with van der Waals surface area (Å²) in [4.78, 5) is 14.2. The Morgan fingerprint density at radius 2 is 1.87 bits per heavy atom. The van der Waals surface area contributed by atoms with Gasteiger partial charge < -0.3 is 14.2 Å². The van der Waals surface area contributed by atoms with Gasteiger partial charge in [0.25, 0.3) is 5.91 Å². The van der Waals surface area contributed by atoms with Crippen molar-refractivity contribution in [3.8, 4) is 17.2 Å². The fourth-order valence-corrected chi connectivity index (χ4v) is 4.22. The van der Waals surface area contributed by atoms with Crippen LogP contribution >= 0.6 is 35.6 Å². The number of methoxy groups -OCH3 is 1. The molecule has 0 atom stereocenters. The second kappa shape index (κ2) is 9.73. The Hall–Kier alpha value is -2.22. The first-order valence-electron chi connectivity index (χ1n) is 9.22. The van der Waals surface area contributed by atoms with Gasteiger partial charge in [-0.1, -0.05) is 41.6 Å². The summed E-state index contributed by atoms with van der Waals surface area (Å²) in [5.74, 6) is 1.57. The van der Waals surface area contributed by atoms with Gasteiger partial charge in [-0.2, -0.15) is 0 Å². The molecule has 1 heterocycles. The number of benzene rings is 2. The number of carbonyl (C=O) groups is 1. The molecular formula is C22H22ClNO4S2. The van der Waals surface area contributed by atoms with Gasteiger partial charge >= 0.3 is 0 Å². The molecule has 1 aliphatic heterocycles. The SMILES string of the molecule is COc1cc(/C=C2/SC(=S)N(C)C2=O)cc(Cl)c1OCCOc1ccc(C)c(C)c1. The van der Waals surface area contributed by atoms with E-state index in [0.717, 1.165) is 11.3 Å². The number of thioether (sulfide) groups is 1. The van der Waals surface area contributed by atoms with Gasteiger partial charge in [-0.25, -0.2) is 0 Å². The number of nitrogens with zero attached hydrogens (tertiary/aromatic N) is 1. The summed E-state index contributed by atoms with van der Waals surface area (Å²) in [5, 5.41) is 0.388. The monoisotopic (exact) mass is 463 g/mol. The molecule has 1 fully saturated rings. The van der Waals surface area contributed by atoms with Gasteiger partial charge in [-0.3, -0.25) is 9.69 Å². The van der Waals surface area contributed by atoms with Gasteiger partial charge in [0.2, 0.25) is 0 Å². The number of amides is 1. The lowest BCUT2D eigenvalue weighted by Gasteiger charge is -2.14. The van der Waals surface area contributed by atoms with E-state index in [2.05, 4.69) is 6.92 Å². The van der Waals surface area contributed by atoms with Crippen LogP contribution in [0.5, 0.6) is 17.2 Å². The molecule has 0 radical (unpaired) electrons. The molecule has 0 spiro atoms. The van der Waals surface area contributed by atoms with E-state index in [-0.39, 0.29) is 5.91 Å². The quantitative estimate of drug-likeness (QED) is 0.317. The van der Waals surface area contributed by atoms with Crippen molar-refractivity contribution in [2.75, 3.05) is 27.4 Å². The molecule has 0 N–H and O–H groups in total. The predicted octanol–water partition coefficient (Wildman–Crippen LogP) is 5.25. The Kier molecular flexibility index (Phi) is 7.28. The van der Waals surface area contributed by atoms with Crippen LogP contribution in [-0.2, 0) is 4.79 Å². The fourth-order valence-electron chi connectivity index (χ4n) is 2.77. The zero-order valence-electron chi connectivity index (χ0n) is 17.2. The van der Waals surface area contributed by atoms with Crippen molar-refractivity contribution < 1.29 is 19.0 Å². The van der Waals surface area contributed by atoms with Crippen LogP contribution in [0.15, 0.2) is 35.2 Å². The number of likely N-dealkylation sites (N-methyl/N-ethyl adjacent to an activating group) is 1. The van der Waals surface area contributed by atoms with Gasteiger partial charge in [-0.05, 0) is 60.9 Å². The first kappa shape index (κ1) is 22.5. The molecule has 30 heavy (non-hydrogen) atoms. The molecule has 1 aliphatic rings. The molecule has 1 saturated heterocycles. The molecule has 0 bridgehead atoms. The zero-order valence-corrected chi connectivity index (χ0v) is 19.5. The molecule has 2 aromatic carbocycles. The molecule has 5 nitrogen and oxygen atoms in total. The molecule has 0 aromatic heterocycles. The number of thiocarbonyl (C=S) groups is 1. The average molecular weight is 464 g/mol. The summed E-state index contributed by atoms with van der Waals surface area (Å²) >= 11 is 12.8. The minimum Gasteiger partial charge on any atom is -0.493 e. The fraction of sp³-hybridized carbons (Fsp3) is 0.273. The molecule has 0 unspecified atom stereocenters. The first-order valence-corrected chi connectivity index (χ1v) is 10.8. The van der Waals surface area contributed by atoms with Crippen molar-refractivity contribution >= 4 is 51.9 Å². The second-order valence-corrected chi connectivity index (χ2v) is 8.80. The van der Waals surface area contributed by atoms with E-state index in [0.29, 0.717) is 39.0 Å². The minimum atomic E-state index is -0.135. The summed E-state index contributed by atoms with van der Waals surface area (Å²) in [7, 11) is 3.20. The minimum absolute atomic E-state index is 0.135. The maximum absolute atomic E-state index is 12.2. The van der Waals surface area contributed by atoms with E-state index in [1.165, 1.54) is 27.8 Å². The van der Waals surface area contributed by atoms with E-state index >= 15 is 0 Å². The summed E-state index contributed by atoms with van der Waals surface area (Å²) in [6.07, 6.45) is 1.74. The van der Waals surface area contributed by atoms with Crippen LogP contribution in [0, 0.1) is 13.8 Å². The smallest absolute Gasteiger partial charge is 0.265 e. The molecule has 0 saturated carbocycles. The van der Waals surface area contributed by atoms with Gasteiger partial charge in [0.05, 0.1) is 17.0 Å². The number of halogens is 1. The standard InChI is InChI=1S/C22H22ClNO4S2/c1-13-5-6-16(9-14(13)2)27-7-8-28-20-17(23)10-15(11-18(20)26-4)12-19-21(25)24(3)22(29)30-19/h5-6,9-12H,7-8H2,1-4H3/b19-12+. The van der Waals surface area contributed by atoms with Crippen molar-refractivity contribution in [1.82, 2.24) is 4.90 Å². The number of aryl methyl sites for hydroxylation is 2. The van der Waals surface area contributed by atoms with Crippen LogP contribution in [0.1, 0.15) is 16.7 Å². The third-order valence-corrected chi connectivity index (χ3v) is 6.38. The first-order chi connectivity index (χ1) is 14.3. The summed E-state index contributed by atoms with van der Waals surface area (Å²) < 4.78 is 17.5. The number of carbonyl (C=O) groups excluding carboxylic acids is 1. The van der Waals surface area contributed by atoms with Crippen molar-refractivity contribution in [1.29, 1.82) is 0 Å². The largest absolute Gasteiger partial charge is 0.493 e. The average Bonchev–Trinajstić information content (AvgIpc) is 2.95. The van der Waals surface area contributed by atoms with E-state index < -0.39 is 0 Å². The van der Waals surface area contributed by atoms with Crippen LogP contribution in [0.4, 0.5) is 0 Å². The number of rotatable bonds is 7. The van der Waals surface area contributed by atoms with Crippen molar-refractivity contribution in [3.63, 3.8) is 0 Å². The number of hydrogen-bond acceptors (Lipinski definition) is 6. The number of hydrogen-bond donors (Lipinski definition) is 0. The van der Waals surface area contributed by atoms with E-state index in [1.54, 1.807) is 32.4 Å². The normalized spacial score (nSPS) is 15.1. The third kappa shape index (κ3) is 5.09. The van der Waals surface area contributed by atoms with Gasteiger partial charge in [-0.15, -0.1) is 0 Å². The highest BCUT2D eigenvalue weighted by Crippen LogP contribution is 2.38. The Balaban J connectivity index is 1.67. The van der Waals surface area contributed by atoms with Crippen LogP contribution in [-0.4, -0.2) is 42.5 Å². The lowest BCUT2D eigenvalue weighted by Crippen LogP contribution is -2.22. The van der Waals surface area contributed by atoms with E-state index in [4.69, 9.17) is 38.0 Å². The second-order valence-electron chi connectivity index (χ2n) is 6.72. The van der Waals surface area contributed by atoms with E-state index in [9.17, 15) is 4.79 Å². The predicted molar refractivity (Wildman–Crippen MR) is 126 cm³/mol. The maximum Gasteiger partial charge on any atom is 0.265 e. The molecule has 1 amide bonds. The highest BCUT2D eigenvalue weighted by molar-refractivity contribution is 8.26. The Labute approximate surface area is 190 Å². The van der Waals surface area contributed by atoms with Crippen LogP contribution in [0.2, 0.25) is 5.02 Å². The van der Waals surface area contributed by atoms with E-state index in [1.807, 2.05) is 25.1 Å². The molecule has 158 valence electrons. The summed E-state index contributed by atoms with van der Waals surface area (Å²) in [6, 6.07) is 9.45. The third-order valence-electron chi connectivity index (χ3n) is 4.61. The molecular weight excluding hydrogens is 442 g/mol. The van der Waals surface area contributed by atoms with Gasteiger partial charge in [0.1, 0.15) is 23.3 Å². The number of ether oxygens (including phenoxy) is 3. The lowest BCUT2D eigenvalue weighted by molar-refractivity contribution is -0.121. The van der Waals surface area contributed by atoms with Crippen LogP contribution in [0.25, 0.3) is 6.08 Å². The van der Waals surface area contributed by atoms with Crippen molar-refractivity contribution in [2.24, 2.45) is 0 Å².